The molecule has 182 valence electrons. The van der Waals surface area contributed by atoms with Crippen molar-refractivity contribution in [3.63, 3.8) is 0 Å². The van der Waals surface area contributed by atoms with E-state index in [2.05, 4.69) is 5.32 Å². The molecule has 5 rings (SSSR count). The maximum Gasteiger partial charge on any atom is 0.257 e. The van der Waals surface area contributed by atoms with Gasteiger partial charge in [0.1, 0.15) is 11.5 Å². The summed E-state index contributed by atoms with van der Waals surface area (Å²) in [6, 6.07) is 25.2. The van der Waals surface area contributed by atoms with Crippen LogP contribution in [0, 0.1) is 11.7 Å². The van der Waals surface area contributed by atoms with Crippen LogP contribution in [0.5, 0.6) is 0 Å². The van der Waals surface area contributed by atoms with Crippen LogP contribution in [0.15, 0.2) is 91.1 Å². The number of nitrogens with zero attached hydrogens (tertiary/aromatic N) is 3. The highest BCUT2D eigenvalue weighted by molar-refractivity contribution is 6.00. The molecular formula is C29H27FN4O2. The van der Waals surface area contributed by atoms with Gasteiger partial charge in [0.05, 0.1) is 11.3 Å². The Morgan fingerprint density at radius 2 is 1.53 bits per heavy atom. The van der Waals surface area contributed by atoms with Gasteiger partial charge in [-0.2, -0.15) is 5.10 Å². The molecule has 6 nitrogen and oxygen atoms in total. The van der Waals surface area contributed by atoms with E-state index in [0.29, 0.717) is 36.5 Å². The third-order valence-corrected chi connectivity index (χ3v) is 6.52. The lowest BCUT2D eigenvalue weighted by Gasteiger charge is -2.31. The molecule has 1 saturated heterocycles. The zero-order valence-electron chi connectivity index (χ0n) is 19.8. The van der Waals surface area contributed by atoms with Crippen LogP contribution in [0.2, 0.25) is 0 Å². The first kappa shape index (κ1) is 23.5. The number of hydrogen-bond donors (Lipinski definition) is 1. The fraction of sp³-hybridized carbons (Fsp3) is 0.207. The van der Waals surface area contributed by atoms with Crippen molar-refractivity contribution >= 4 is 17.5 Å². The molecule has 1 aromatic heterocycles. The molecule has 3 aromatic carbocycles. The molecule has 0 radical (unpaired) electrons. The molecular weight excluding hydrogens is 455 g/mol. The normalized spacial score (nSPS) is 14.0. The van der Waals surface area contributed by atoms with Crippen LogP contribution in [-0.2, 0) is 4.79 Å². The van der Waals surface area contributed by atoms with Crippen molar-refractivity contribution in [1.82, 2.24) is 14.7 Å². The number of carbonyl (C=O) groups is 2. The van der Waals surface area contributed by atoms with Gasteiger partial charge in [-0.05, 0) is 55.2 Å². The Balaban J connectivity index is 1.26. The molecule has 0 unspecified atom stereocenters. The summed E-state index contributed by atoms with van der Waals surface area (Å²) in [7, 11) is 0. The largest absolute Gasteiger partial charge is 0.339 e. The molecule has 1 fully saturated rings. The van der Waals surface area contributed by atoms with Crippen molar-refractivity contribution in [2.75, 3.05) is 18.4 Å². The Kier molecular flexibility index (Phi) is 6.89. The van der Waals surface area contributed by atoms with E-state index in [0.717, 1.165) is 24.1 Å². The Bertz CT molecular complexity index is 1330. The summed E-state index contributed by atoms with van der Waals surface area (Å²) in [5, 5.41) is 7.58. The van der Waals surface area contributed by atoms with Crippen LogP contribution in [0.1, 0.15) is 29.6 Å². The zero-order chi connectivity index (χ0) is 24.9. The fourth-order valence-electron chi connectivity index (χ4n) is 4.57. The molecule has 0 aliphatic carbocycles. The number of aromatic nitrogens is 2. The zero-order valence-corrected chi connectivity index (χ0v) is 19.8. The second-order valence-electron chi connectivity index (χ2n) is 9.03. The third-order valence-electron chi connectivity index (χ3n) is 6.52. The van der Waals surface area contributed by atoms with Crippen LogP contribution >= 0.6 is 0 Å². The van der Waals surface area contributed by atoms with Gasteiger partial charge in [-0.15, -0.1) is 0 Å². The monoisotopic (exact) mass is 482 g/mol. The number of nitrogens with one attached hydrogen (secondary N) is 1. The summed E-state index contributed by atoms with van der Waals surface area (Å²) in [4.78, 5) is 27.9. The standard InChI is InChI=1S/C29H27FN4O2/c30-23-11-13-24(14-12-23)31-27(35)19-21-15-17-33(18-16-21)29(36)26-20-34(25-9-5-2-6-10-25)32-28(26)22-7-3-1-4-8-22/h1-14,20-21H,15-19H2,(H,31,35). The van der Waals surface area contributed by atoms with Gasteiger partial charge in [-0.25, -0.2) is 9.07 Å². The summed E-state index contributed by atoms with van der Waals surface area (Å²) < 4.78 is 14.8. The van der Waals surface area contributed by atoms with E-state index in [1.54, 1.807) is 16.8 Å². The molecule has 0 saturated carbocycles. The molecule has 36 heavy (non-hydrogen) atoms. The predicted octanol–water partition coefficient (Wildman–Crippen LogP) is 5.56. The van der Waals surface area contributed by atoms with E-state index < -0.39 is 0 Å². The Morgan fingerprint density at radius 1 is 0.889 bits per heavy atom. The fourth-order valence-corrected chi connectivity index (χ4v) is 4.57. The van der Waals surface area contributed by atoms with Gasteiger partial charge < -0.3 is 10.2 Å². The molecule has 4 aromatic rings. The lowest BCUT2D eigenvalue weighted by atomic mass is 9.92. The van der Waals surface area contributed by atoms with E-state index in [1.807, 2.05) is 71.8 Å². The Morgan fingerprint density at radius 3 is 2.19 bits per heavy atom. The highest BCUT2D eigenvalue weighted by Crippen LogP contribution is 2.28. The maximum absolute atomic E-state index is 13.6. The van der Waals surface area contributed by atoms with Crippen LogP contribution in [0.3, 0.4) is 0 Å². The number of likely N-dealkylation sites (tertiary alicyclic amines) is 1. The number of halogens is 1. The minimum atomic E-state index is -0.338. The molecule has 0 bridgehead atoms. The van der Waals surface area contributed by atoms with E-state index in [-0.39, 0.29) is 23.5 Å². The van der Waals surface area contributed by atoms with Crippen molar-refractivity contribution in [2.45, 2.75) is 19.3 Å². The first-order chi connectivity index (χ1) is 17.6. The predicted molar refractivity (Wildman–Crippen MR) is 137 cm³/mol. The smallest absolute Gasteiger partial charge is 0.257 e. The number of piperidine rings is 1. The number of hydrogen-bond acceptors (Lipinski definition) is 3. The topological polar surface area (TPSA) is 67.2 Å². The van der Waals surface area contributed by atoms with Gasteiger partial charge in [-0.1, -0.05) is 48.5 Å². The second kappa shape index (κ2) is 10.6. The quantitative estimate of drug-likeness (QED) is 0.391. The lowest BCUT2D eigenvalue weighted by Crippen LogP contribution is -2.39. The molecule has 2 heterocycles. The van der Waals surface area contributed by atoms with Crippen molar-refractivity contribution in [3.05, 3.63) is 103 Å². The van der Waals surface area contributed by atoms with E-state index >= 15 is 0 Å². The minimum absolute atomic E-state index is 0.0507. The summed E-state index contributed by atoms with van der Waals surface area (Å²) >= 11 is 0. The van der Waals surface area contributed by atoms with Gasteiger partial charge in [0.2, 0.25) is 5.91 Å². The number of amides is 2. The average Bonchev–Trinajstić information content (AvgIpc) is 3.37. The van der Waals surface area contributed by atoms with Gasteiger partial charge in [0.25, 0.3) is 5.91 Å². The number of rotatable bonds is 6. The maximum atomic E-state index is 13.6. The average molecular weight is 483 g/mol. The lowest BCUT2D eigenvalue weighted by molar-refractivity contribution is -0.117. The molecule has 0 spiro atoms. The van der Waals surface area contributed by atoms with Gasteiger partial charge in [-0.3, -0.25) is 9.59 Å². The molecule has 1 aliphatic rings. The first-order valence-electron chi connectivity index (χ1n) is 12.1. The van der Waals surface area contributed by atoms with Crippen molar-refractivity contribution in [1.29, 1.82) is 0 Å². The highest BCUT2D eigenvalue weighted by Gasteiger charge is 2.28. The second-order valence-corrected chi connectivity index (χ2v) is 9.03. The van der Waals surface area contributed by atoms with Crippen LogP contribution in [-0.4, -0.2) is 39.6 Å². The van der Waals surface area contributed by atoms with Crippen LogP contribution in [0.4, 0.5) is 10.1 Å². The number of anilines is 1. The number of carbonyl (C=O) groups excluding carboxylic acids is 2. The molecule has 0 atom stereocenters. The summed E-state index contributed by atoms with van der Waals surface area (Å²) in [5.41, 5.74) is 3.59. The van der Waals surface area contributed by atoms with Crippen LogP contribution in [0.25, 0.3) is 16.9 Å². The van der Waals surface area contributed by atoms with Gasteiger partial charge in [0, 0.05) is 37.0 Å². The summed E-state index contributed by atoms with van der Waals surface area (Å²) in [6.45, 7) is 1.16. The van der Waals surface area contributed by atoms with Crippen molar-refractivity contribution in [3.8, 4) is 16.9 Å². The number of benzene rings is 3. The third kappa shape index (κ3) is 5.35. The number of para-hydroxylation sites is 1. The first-order valence-corrected chi connectivity index (χ1v) is 12.1. The van der Waals surface area contributed by atoms with E-state index in [1.165, 1.54) is 12.1 Å². The molecule has 1 N–H and O–H groups in total. The van der Waals surface area contributed by atoms with Crippen molar-refractivity contribution < 1.29 is 14.0 Å². The SMILES string of the molecule is O=C(CC1CCN(C(=O)c2cn(-c3ccccc3)nc2-c2ccccc2)CC1)Nc1ccc(F)cc1. The van der Waals surface area contributed by atoms with Gasteiger partial charge in [0.15, 0.2) is 0 Å². The molecule has 1 aliphatic heterocycles. The molecule has 7 heteroatoms. The van der Waals surface area contributed by atoms with Crippen molar-refractivity contribution in [2.24, 2.45) is 5.92 Å². The summed E-state index contributed by atoms with van der Waals surface area (Å²) in [5.74, 6) is -0.294. The molecule has 2 amide bonds. The van der Waals surface area contributed by atoms with Gasteiger partial charge >= 0.3 is 0 Å². The summed E-state index contributed by atoms with van der Waals surface area (Å²) in [6.07, 6.45) is 3.68. The van der Waals surface area contributed by atoms with E-state index in [9.17, 15) is 14.0 Å². The minimum Gasteiger partial charge on any atom is -0.339 e. The Labute approximate surface area is 209 Å². The highest BCUT2D eigenvalue weighted by atomic mass is 19.1. The van der Waals surface area contributed by atoms with Crippen LogP contribution < -0.4 is 5.32 Å². The van der Waals surface area contributed by atoms with E-state index in [4.69, 9.17) is 5.10 Å². The Hall–Kier alpha value is -4.26.